The molecule has 2 aromatic carbocycles. The van der Waals surface area contributed by atoms with Crippen molar-refractivity contribution in [2.24, 2.45) is 7.05 Å². The normalized spacial score (nSPS) is 14.3. The molecular formula is C24H25N5O. The molecule has 1 N–H and O–H groups in total. The SMILES string of the molecule is Cc1ccc(Nc2cc(-c3ccc4c(cnn4C)c3)ccn2)cc1N1CCOCC1. The lowest BCUT2D eigenvalue weighted by Gasteiger charge is -2.30. The number of benzene rings is 2. The molecule has 0 aliphatic carbocycles. The van der Waals surface area contributed by atoms with E-state index in [4.69, 9.17) is 4.74 Å². The highest BCUT2D eigenvalue weighted by Crippen LogP contribution is 2.29. The van der Waals surface area contributed by atoms with Crippen LogP contribution in [-0.4, -0.2) is 41.1 Å². The summed E-state index contributed by atoms with van der Waals surface area (Å²) in [5, 5.41) is 8.95. The molecule has 0 spiro atoms. The molecule has 5 rings (SSSR count). The third-order valence-electron chi connectivity index (χ3n) is 5.67. The zero-order valence-electron chi connectivity index (χ0n) is 17.3. The number of aromatic nitrogens is 3. The van der Waals surface area contributed by atoms with E-state index in [2.05, 4.69) is 69.7 Å². The van der Waals surface area contributed by atoms with E-state index in [0.717, 1.165) is 59.8 Å². The maximum Gasteiger partial charge on any atom is 0.130 e. The van der Waals surface area contributed by atoms with Gasteiger partial charge in [-0.3, -0.25) is 4.68 Å². The third-order valence-corrected chi connectivity index (χ3v) is 5.67. The van der Waals surface area contributed by atoms with Crippen molar-refractivity contribution >= 4 is 28.1 Å². The van der Waals surface area contributed by atoms with E-state index >= 15 is 0 Å². The minimum absolute atomic E-state index is 0.780. The number of ether oxygens (including phenoxy) is 1. The minimum Gasteiger partial charge on any atom is -0.378 e. The Bertz CT molecular complexity index is 1190. The smallest absolute Gasteiger partial charge is 0.130 e. The molecule has 0 bridgehead atoms. The van der Waals surface area contributed by atoms with Crippen LogP contribution >= 0.6 is 0 Å². The largest absolute Gasteiger partial charge is 0.378 e. The number of hydrogen-bond donors (Lipinski definition) is 1. The van der Waals surface area contributed by atoms with Gasteiger partial charge in [-0.1, -0.05) is 12.1 Å². The average molecular weight is 399 g/mol. The Morgan fingerprint density at radius 2 is 1.80 bits per heavy atom. The number of rotatable bonds is 4. The summed E-state index contributed by atoms with van der Waals surface area (Å²) in [4.78, 5) is 6.92. The summed E-state index contributed by atoms with van der Waals surface area (Å²) in [7, 11) is 1.96. The molecule has 152 valence electrons. The second-order valence-electron chi connectivity index (χ2n) is 7.70. The van der Waals surface area contributed by atoms with Gasteiger partial charge in [0.2, 0.25) is 0 Å². The summed E-state index contributed by atoms with van der Waals surface area (Å²) in [6, 6.07) is 17.0. The van der Waals surface area contributed by atoms with Gasteiger partial charge in [0, 0.05) is 43.1 Å². The molecule has 6 nitrogen and oxygen atoms in total. The fraction of sp³-hybridized carbons (Fsp3) is 0.250. The number of hydrogen-bond acceptors (Lipinski definition) is 5. The minimum atomic E-state index is 0.780. The lowest BCUT2D eigenvalue weighted by atomic mass is 10.1. The van der Waals surface area contributed by atoms with Crippen molar-refractivity contribution < 1.29 is 4.74 Å². The van der Waals surface area contributed by atoms with Crippen LogP contribution in [0.15, 0.2) is 60.9 Å². The Morgan fingerprint density at radius 1 is 0.967 bits per heavy atom. The standard InChI is InChI=1S/C24H25N5O/c1-17-3-5-21(15-23(17)29-9-11-30-12-10-29)27-24-14-19(7-8-25-24)18-4-6-22-20(13-18)16-26-28(22)2/h3-8,13-16H,9-12H2,1-2H3,(H,25,27). The Hall–Kier alpha value is -3.38. The van der Waals surface area contributed by atoms with Crippen LogP contribution in [0.3, 0.4) is 0 Å². The number of anilines is 3. The summed E-state index contributed by atoms with van der Waals surface area (Å²) in [6.45, 7) is 5.57. The number of nitrogens with one attached hydrogen (secondary N) is 1. The number of morpholine rings is 1. The molecule has 6 heteroatoms. The second-order valence-corrected chi connectivity index (χ2v) is 7.70. The summed E-state index contributed by atoms with van der Waals surface area (Å²) in [5.41, 5.74) is 6.96. The summed E-state index contributed by atoms with van der Waals surface area (Å²) in [5.74, 6) is 0.829. The van der Waals surface area contributed by atoms with Crippen molar-refractivity contribution in [2.45, 2.75) is 6.92 Å². The van der Waals surface area contributed by atoms with Crippen LogP contribution in [-0.2, 0) is 11.8 Å². The van der Waals surface area contributed by atoms with Gasteiger partial charge in [-0.25, -0.2) is 4.98 Å². The van der Waals surface area contributed by atoms with E-state index < -0.39 is 0 Å². The van der Waals surface area contributed by atoms with Crippen molar-refractivity contribution in [1.82, 2.24) is 14.8 Å². The van der Waals surface area contributed by atoms with Gasteiger partial charge in [0.15, 0.2) is 0 Å². The van der Waals surface area contributed by atoms with Crippen LogP contribution in [0.25, 0.3) is 22.0 Å². The summed E-state index contributed by atoms with van der Waals surface area (Å²) < 4.78 is 7.39. The number of aryl methyl sites for hydroxylation is 2. The first kappa shape index (κ1) is 18.6. The Kier molecular flexibility index (Phi) is 4.85. The third kappa shape index (κ3) is 3.62. The van der Waals surface area contributed by atoms with E-state index in [0.29, 0.717) is 0 Å². The van der Waals surface area contributed by atoms with Crippen molar-refractivity contribution in [2.75, 3.05) is 36.5 Å². The second kappa shape index (κ2) is 7.80. The molecule has 1 aliphatic rings. The Labute approximate surface area is 176 Å². The molecule has 0 amide bonds. The van der Waals surface area contributed by atoms with Gasteiger partial charge < -0.3 is 15.0 Å². The molecule has 1 saturated heterocycles. The van der Waals surface area contributed by atoms with Crippen LogP contribution in [0.4, 0.5) is 17.2 Å². The van der Waals surface area contributed by atoms with Crippen LogP contribution in [0.2, 0.25) is 0 Å². The molecule has 3 heterocycles. The fourth-order valence-corrected chi connectivity index (χ4v) is 4.00. The van der Waals surface area contributed by atoms with Gasteiger partial charge in [0.05, 0.1) is 24.9 Å². The molecular weight excluding hydrogens is 374 g/mol. The molecule has 4 aromatic rings. The molecule has 1 aliphatic heterocycles. The molecule has 2 aromatic heterocycles. The van der Waals surface area contributed by atoms with Crippen LogP contribution in [0.1, 0.15) is 5.56 Å². The van der Waals surface area contributed by atoms with Gasteiger partial charge >= 0.3 is 0 Å². The molecule has 1 fully saturated rings. The van der Waals surface area contributed by atoms with Gasteiger partial charge in [-0.15, -0.1) is 0 Å². The lowest BCUT2D eigenvalue weighted by molar-refractivity contribution is 0.122. The number of pyridine rings is 1. The molecule has 0 saturated carbocycles. The number of nitrogens with zero attached hydrogens (tertiary/aromatic N) is 4. The van der Waals surface area contributed by atoms with Crippen LogP contribution in [0, 0.1) is 6.92 Å². The first-order chi connectivity index (χ1) is 14.7. The predicted octanol–water partition coefficient (Wildman–Crippen LogP) is 4.52. The van der Waals surface area contributed by atoms with Crippen LogP contribution in [0.5, 0.6) is 0 Å². The highest BCUT2D eigenvalue weighted by atomic mass is 16.5. The van der Waals surface area contributed by atoms with E-state index in [1.54, 1.807) is 0 Å². The van der Waals surface area contributed by atoms with E-state index in [9.17, 15) is 0 Å². The maximum atomic E-state index is 5.50. The zero-order chi connectivity index (χ0) is 20.5. The molecule has 30 heavy (non-hydrogen) atoms. The Balaban J connectivity index is 1.41. The highest BCUT2D eigenvalue weighted by Gasteiger charge is 2.14. The quantitative estimate of drug-likeness (QED) is 0.547. The molecule has 0 atom stereocenters. The predicted molar refractivity (Wildman–Crippen MR) is 121 cm³/mol. The Morgan fingerprint density at radius 3 is 2.67 bits per heavy atom. The summed E-state index contributed by atoms with van der Waals surface area (Å²) >= 11 is 0. The first-order valence-electron chi connectivity index (χ1n) is 10.3. The van der Waals surface area contributed by atoms with Crippen molar-refractivity contribution in [3.63, 3.8) is 0 Å². The van der Waals surface area contributed by atoms with Gasteiger partial charge in [-0.05, 0) is 60.0 Å². The van der Waals surface area contributed by atoms with E-state index in [-0.39, 0.29) is 0 Å². The van der Waals surface area contributed by atoms with Crippen molar-refractivity contribution in [1.29, 1.82) is 0 Å². The highest BCUT2D eigenvalue weighted by molar-refractivity contribution is 5.85. The van der Waals surface area contributed by atoms with E-state index in [1.807, 2.05) is 30.2 Å². The maximum absolute atomic E-state index is 5.50. The average Bonchev–Trinajstić information content (AvgIpc) is 3.16. The van der Waals surface area contributed by atoms with Gasteiger partial charge in [0.25, 0.3) is 0 Å². The monoisotopic (exact) mass is 399 g/mol. The summed E-state index contributed by atoms with van der Waals surface area (Å²) in [6.07, 6.45) is 3.75. The molecule has 0 radical (unpaired) electrons. The fourth-order valence-electron chi connectivity index (χ4n) is 4.00. The first-order valence-corrected chi connectivity index (χ1v) is 10.3. The lowest BCUT2D eigenvalue weighted by Crippen LogP contribution is -2.36. The topological polar surface area (TPSA) is 55.2 Å². The van der Waals surface area contributed by atoms with Gasteiger partial charge in [0.1, 0.15) is 5.82 Å². The van der Waals surface area contributed by atoms with Crippen molar-refractivity contribution in [3.05, 3.63) is 66.5 Å². The molecule has 0 unspecified atom stereocenters. The zero-order valence-corrected chi connectivity index (χ0v) is 17.3. The van der Waals surface area contributed by atoms with Crippen LogP contribution < -0.4 is 10.2 Å². The van der Waals surface area contributed by atoms with E-state index in [1.165, 1.54) is 11.3 Å². The number of fused-ring (bicyclic) bond motifs is 1. The van der Waals surface area contributed by atoms with Gasteiger partial charge in [-0.2, -0.15) is 5.10 Å². The van der Waals surface area contributed by atoms with Crippen molar-refractivity contribution in [3.8, 4) is 11.1 Å².